The number of ether oxygens (including phenoxy) is 1. The summed E-state index contributed by atoms with van der Waals surface area (Å²) in [5, 5.41) is 2.87. The number of amides is 1. The van der Waals surface area contributed by atoms with Gasteiger partial charge >= 0.3 is 0 Å². The summed E-state index contributed by atoms with van der Waals surface area (Å²) in [6, 6.07) is 15.8. The minimum Gasteiger partial charge on any atom is -0.492 e. The molecule has 2 aromatic carbocycles. The highest BCUT2D eigenvalue weighted by Crippen LogP contribution is 2.13. The van der Waals surface area contributed by atoms with E-state index in [0.717, 1.165) is 22.2 Å². The number of benzene rings is 2. The van der Waals surface area contributed by atoms with E-state index in [1.165, 1.54) is 5.56 Å². The molecule has 0 aliphatic rings. The van der Waals surface area contributed by atoms with Crippen LogP contribution < -0.4 is 10.1 Å². The summed E-state index contributed by atoms with van der Waals surface area (Å²) in [5.74, 6) is 0.856. The molecule has 22 heavy (non-hydrogen) atoms. The molecular weight excluding hydrogens is 342 g/mol. The van der Waals surface area contributed by atoms with Crippen molar-refractivity contribution in [1.29, 1.82) is 0 Å². The van der Waals surface area contributed by atoms with E-state index in [-0.39, 0.29) is 5.91 Å². The quantitative estimate of drug-likeness (QED) is 0.762. The van der Waals surface area contributed by atoms with Gasteiger partial charge in [-0.05, 0) is 41.8 Å². The van der Waals surface area contributed by atoms with Gasteiger partial charge in [0.1, 0.15) is 12.4 Å². The molecule has 0 radical (unpaired) electrons. The van der Waals surface area contributed by atoms with Crippen molar-refractivity contribution >= 4 is 21.8 Å². The normalized spacial score (nSPS) is 10.3. The number of carbonyl (C=O) groups is 1. The number of halogens is 1. The maximum Gasteiger partial charge on any atom is 0.224 e. The van der Waals surface area contributed by atoms with Crippen LogP contribution in [0.15, 0.2) is 53.0 Å². The molecule has 0 aliphatic heterocycles. The second-order valence-electron chi connectivity index (χ2n) is 5.00. The summed E-state index contributed by atoms with van der Waals surface area (Å²) in [4.78, 5) is 11.8. The first-order valence-corrected chi connectivity index (χ1v) is 8.19. The van der Waals surface area contributed by atoms with Gasteiger partial charge in [-0.3, -0.25) is 4.79 Å². The highest BCUT2D eigenvalue weighted by molar-refractivity contribution is 9.10. The summed E-state index contributed by atoms with van der Waals surface area (Å²) in [5.41, 5.74) is 2.24. The molecule has 2 aromatic rings. The third-order valence-electron chi connectivity index (χ3n) is 3.28. The highest BCUT2D eigenvalue weighted by Gasteiger charge is 2.03. The molecule has 3 nitrogen and oxygen atoms in total. The number of carbonyl (C=O) groups excluding carboxylic acids is 1. The average molecular weight is 362 g/mol. The maximum atomic E-state index is 11.8. The van der Waals surface area contributed by atoms with Crippen LogP contribution in [-0.2, 0) is 17.6 Å². The fourth-order valence-corrected chi connectivity index (χ4v) is 2.33. The van der Waals surface area contributed by atoms with Crippen LogP contribution in [0.25, 0.3) is 0 Å². The van der Waals surface area contributed by atoms with Crippen molar-refractivity contribution in [3.05, 3.63) is 64.1 Å². The van der Waals surface area contributed by atoms with Crippen LogP contribution in [0.2, 0.25) is 0 Å². The van der Waals surface area contributed by atoms with E-state index in [1.54, 1.807) is 0 Å². The molecule has 0 fully saturated rings. The first-order chi connectivity index (χ1) is 10.7. The van der Waals surface area contributed by atoms with Crippen LogP contribution in [0.5, 0.6) is 5.75 Å². The molecule has 0 bridgehead atoms. The van der Waals surface area contributed by atoms with Gasteiger partial charge in [0, 0.05) is 4.47 Å². The lowest BCUT2D eigenvalue weighted by molar-refractivity contribution is -0.120. The lowest BCUT2D eigenvalue weighted by Crippen LogP contribution is -2.29. The Bertz CT molecular complexity index is 611. The number of rotatable bonds is 7. The molecule has 0 saturated carbocycles. The minimum atomic E-state index is 0.00762. The van der Waals surface area contributed by atoms with Gasteiger partial charge in [-0.15, -0.1) is 0 Å². The predicted octanol–water partition coefficient (Wildman–Crippen LogP) is 3.75. The largest absolute Gasteiger partial charge is 0.492 e. The molecule has 0 saturated heterocycles. The van der Waals surface area contributed by atoms with Crippen LogP contribution in [0.3, 0.4) is 0 Å². The summed E-state index contributed by atoms with van der Waals surface area (Å²) in [6.07, 6.45) is 1.37. The molecule has 0 heterocycles. The Balaban J connectivity index is 1.69. The smallest absolute Gasteiger partial charge is 0.224 e. The fourth-order valence-electron chi connectivity index (χ4n) is 2.06. The highest BCUT2D eigenvalue weighted by atomic mass is 79.9. The standard InChI is InChI=1S/C18H20BrNO2/c1-2-14-4-3-5-17(12-14)22-11-10-20-18(21)13-15-6-8-16(19)9-7-15/h3-9,12H,2,10-11,13H2,1H3,(H,20,21). The number of hydrogen-bond acceptors (Lipinski definition) is 2. The van der Waals surface area contributed by atoms with Gasteiger partial charge in [0.25, 0.3) is 0 Å². The monoisotopic (exact) mass is 361 g/mol. The number of nitrogens with one attached hydrogen (secondary N) is 1. The van der Waals surface area contributed by atoms with E-state index >= 15 is 0 Å². The first-order valence-electron chi connectivity index (χ1n) is 7.40. The predicted molar refractivity (Wildman–Crippen MR) is 92.2 cm³/mol. The number of hydrogen-bond donors (Lipinski definition) is 1. The molecule has 0 aliphatic carbocycles. The third kappa shape index (κ3) is 5.53. The fraction of sp³-hybridized carbons (Fsp3) is 0.278. The zero-order valence-electron chi connectivity index (χ0n) is 12.6. The molecule has 0 atom stereocenters. The second-order valence-corrected chi connectivity index (χ2v) is 5.92. The summed E-state index contributed by atoms with van der Waals surface area (Å²) < 4.78 is 6.66. The molecule has 1 amide bonds. The zero-order chi connectivity index (χ0) is 15.8. The Morgan fingerprint density at radius 2 is 1.91 bits per heavy atom. The molecule has 0 spiro atoms. The Hall–Kier alpha value is -1.81. The van der Waals surface area contributed by atoms with Crippen LogP contribution in [-0.4, -0.2) is 19.1 Å². The van der Waals surface area contributed by atoms with Gasteiger partial charge in [0.2, 0.25) is 5.91 Å². The van der Waals surface area contributed by atoms with E-state index in [4.69, 9.17) is 4.74 Å². The van der Waals surface area contributed by atoms with Crippen molar-refractivity contribution in [2.24, 2.45) is 0 Å². The maximum absolute atomic E-state index is 11.8. The molecule has 1 N–H and O–H groups in total. The minimum absolute atomic E-state index is 0.00762. The Morgan fingerprint density at radius 3 is 2.64 bits per heavy atom. The van der Waals surface area contributed by atoms with E-state index in [0.29, 0.717) is 19.6 Å². The van der Waals surface area contributed by atoms with Crippen LogP contribution >= 0.6 is 15.9 Å². The SMILES string of the molecule is CCc1cccc(OCCNC(=O)Cc2ccc(Br)cc2)c1. The van der Waals surface area contributed by atoms with Crippen molar-refractivity contribution in [2.45, 2.75) is 19.8 Å². The summed E-state index contributed by atoms with van der Waals surface area (Å²) in [7, 11) is 0. The molecule has 116 valence electrons. The van der Waals surface area contributed by atoms with Gasteiger partial charge < -0.3 is 10.1 Å². The van der Waals surface area contributed by atoms with Crippen LogP contribution in [0.4, 0.5) is 0 Å². The van der Waals surface area contributed by atoms with Gasteiger partial charge in [0.15, 0.2) is 0 Å². The molecule has 0 aromatic heterocycles. The van der Waals surface area contributed by atoms with E-state index in [9.17, 15) is 4.79 Å². The van der Waals surface area contributed by atoms with Crippen molar-refractivity contribution < 1.29 is 9.53 Å². The van der Waals surface area contributed by atoms with Gasteiger partial charge in [0.05, 0.1) is 13.0 Å². The van der Waals surface area contributed by atoms with Crippen molar-refractivity contribution in [1.82, 2.24) is 5.32 Å². The lowest BCUT2D eigenvalue weighted by Gasteiger charge is -2.09. The Labute approximate surface area is 139 Å². The molecular formula is C18H20BrNO2. The molecule has 4 heteroatoms. The van der Waals surface area contributed by atoms with Gasteiger partial charge in [-0.2, -0.15) is 0 Å². The van der Waals surface area contributed by atoms with E-state index in [2.05, 4.69) is 34.2 Å². The Morgan fingerprint density at radius 1 is 1.14 bits per heavy atom. The van der Waals surface area contributed by atoms with Crippen LogP contribution in [0, 0.1) is 0 Å². The number of aryl methyl sites for hydroxylation is 1. The lowest BCUT2D eigenvalue weighted by atomic mass is 10.1. The zero-order valence-corrected chi connectivity index (χ0v) is 14.2. The van der Waals surface area contributed by atoms with Crippen molar-refractivity contribution in [3.8, 4) is 5.75 Å². The van der Waals surface area contributed by atoms with Crippen LogP contribution in [0.1, 0.15) is 18.1 Å². The van der Waals surface area contributed by atoms with Gasteiger partial charge in [-0.1, -0.05) is 47.1 Å². The molecule has 0 unspecified atom stereocenters. The Kier molecular flexibility index (Phi) is 6.46. The van der Waals surface area contributed by atoms with Crippen molar-refractivity contribution in [2.75, 3.05) is 13.2 Å². The third-order valence-corrected chi connectivity index (χ3v) is 3.81. The molecule has 2 rings (SSSR count). The van der Waals surface area contributed by atoms with Crippen molar-refractivity contribution in [3.63, 3.8) is 0 Å². The van der Waals surface area contributed by atoms with E-state index in [1.807, 2.05) is 42.5 Å². The topological polar surface area (TPSA) is 38.3 Å². The summed E-state index contributed by atoms with van der Waals surface area (Å²) in [6.45, 7) is 3.09. The van der Waals surface area contributed by atoms with E-state index < -0.39 is 0 Å². The van der Waals surface area contributed by atoms with Gasteiger partial charge in [-0.25, -0.2) is 0 Å². The second kappa shape index (κ2) is 8.59. The average Bonchev–Trinajstić information content (AvgIpc) is 2.54. The first kappa shape index (κ1) is 16.6. The summed E-state index contributed by atoms with van der Waals surface area (Å²) >= 11 is 3.38.